The van der Waals surface area contributed by atoms with E-state index in [1.165, 1.54) is 23.1 Å². The number of para-hydroxylation sites is 1. The van der Waals surface area contributed by atoms with Gasteiger partial charge in [-0.2, -0.15) is 0 Å². The maximum Gasteiger partial charge on any atom is 0.311 e. The van der Waals surface area contributed by atoms with Gasteiger partial charge in [0.05, 0.1) is 34.5 Å². The van der Waals surface area contributed by atoms with Crippen LogP contribution < -0.4 is 5.32 Å². The monoisotopic (exact) mass is 429 g/mol. The second kappa shape index (κ2) is 9.84. The molecular formula is C21H23N3O3S2. The molecule has 1 N–H and O–H groups in total. The molecule has 2 heterocycles. The Kier molecular flexibility index (Phi) is 7.22. The molecule has 0 saturated carbocycles. The molecule has 6 nitrogen and oxygen atoms in total. The summed E-state index contributed by atoms with van der Waals surface area (Å²) in [6.07, 6.45) is 0.761. The highest BCUT2D eigenvalue weighted by Crippen LogP contribution is 2.29. The molecule has 0 aliphatic heterocycles. The molecule has 8 heteroatoms. The van der Waals surface area contributed by atoms with Crippen molar-refractivity contribution in [1.29, 1.82) is 0 Å². The van der Waals surface area contributed by atoms with Gasteiger partial charge in [0.2, 0.25) is 5.91 Å². The van der Waals surface area contributed by atoms with Crippen molar-refractivity contribution in [2.75, 3.05) is 11.9 Å². The topological polar surface area (TPSA) is 81.2 Å². The summed E-state index contributed by atoms with van der Waals surface area (Å²) >= 11 is 2.75. The predicted molar refractivity (Wildman–Crippen MR) is 117 cm³/mol. The lowest BCUT2D eigenvalue weighted by Crippen LogP contribution is -2.24. The Labute approximate surface area is 178 Å². The summed E-state index contributed by atoms with van der Waals surface area (Å²) < 4.78 is 4.93. The van der Waals surface area contributed by atoms with Crippen molar-refractivity contribution in [2.24, 2.45) is 0 Å². The molecule has 3 aromatic rings. The summed E-state index contributed by atoms with van der Waals surface area (Å²) in [5.74, 6) is -0.447. The normalized spacial score (nSPS) is 12.0. The standard InChI is InChI=1S/C21H23N3O3S2/c1-4-17(29-18-10-13(3)15-8-6-7-9-16(15)23-18)20(26)24-21-22-14(12-28-21)11-19(25)27-5-2/h6-10,12,17H,4-5,11H2,1-3H3,(H,22,24,26). The second-order valence-electron chi connectivity index (χ2n) is 6.42. The van der Waals surface area contributed by atoms with Crippen LogP contribution in [-0.4, -0.2) is 33.7 Å². The van der Waals surface area contributed by atoms with E-state index in [1.807, 2.05) is 37.3 Å². The number of aromatic nitrogens is 2. The van der Waals surface area contributed by atoms with Crippen molar-refractivity contribution in [3.63, 3.8) is 0 Å². The van der Waals surface area contributed by atoms with Crippen LogP contribution in [0.15, 0.2) is 40.7 Å². The highest BCUT2D eigenvalue weighted by molar-refractivity contribution is 8.00. The minimum Gasteiger partial charge on any atom is -0.466 e. The number of thiazole rings is 1. The zero-order chi connectivity index (χ0) is 20.8. The molecule has 0 aliphatic rings. The molecule has 29 heavy (non-hydrogen) atoms. The van der Waals surface area contributed by atoms with E-state index in [1.54, 1.807) is 12.3 Å². The summed E-state index contributed by atoms with van der Waals surface area (Å²) in [4.78, 5) is 33.3. The Morgan fingerprint density at radius 3 is 2.79 bits per heavy atom. The first kappa shape index (κ1) is 21.3. The number of hydrogen-bond donors (Lipinski definition) is 1. The van der Waals surface area contributed by atoms with Crippen LogP contribution in [0.1, 0.15) is 31.5 Å². The second-order valence-corrected chi connectivity index (χ2v) is 8.51. The van der Waals surface area contributed by atoms with Crippen molar-refractivity contribution in [1.82, 2.24) is 9.97 Å². The predicted octanol–water partition coefficient (Wildman–Crippen LogP) is 4.61. The van der Waals surface area contributed by atoms with Gasteiger partial charge in [0.1, 0.15) is 0 Å². The average molecular weight is 430 g/mol. The first-order chi connectivity index (χ1) is 14.0. The fourth-order valence-corrected chi connectivity index (χ4v) is 4.57. The number of aryl methyl sites for hydroxylation is 1. The number of benzene rings is 1. The molecule has 0 radical (unpaired) electrons. The van der Waals surface area contributed by atoms with Crippen LogP contribution in [0, 0.1) is 6.92 Å². The molecule has 3 rings (SSSR count). The van der Waals surface area contributed by atoms with E-state index in [0.717, 1.165) is 21.5 Å². The number of pyridine rings is 1. The lowest BCUT2D eigenvalue weighted by molar-refractivity contribution is -0.142. The summed E-state index contributed by atoms with van der Waals surface area (Å²) in [7, 11) is 0. The minimum atomic E-state index is -0.324. The van der Waals surface area contributed by atoms with E-state index >= 15 is 0 Å². The number of ether oxygens (including phenoxy) is 1. The number of fused-ring (bicyclic) bond motifs is 1. The third-order valence-electron chi connectivity index (χ3n) is 4.24. The Morgan fingerprint density at radius 1 is 1.24 bits per heavy atom. The molecule has 0 fully saturated rings. The molecule has 1 atom stereocenters. The number of nitrogens with one attached hydrogen (secondary N) is 1. The van der Waals surface area contributed by atoms with Gasteiger partial charge >= 0.3 is 5.97 Å². The van der Waals surface area contributed by atoms with E-state index in [9.17, 15) is 9.59 Å². The van der Waals surface area contributed by atoms with Gasteiger partial charge in [0.25, 0.3) is 0 Å². The summed E-state index contributed by atoms with van der Waals surface area (Å²) in [5, 5.41) is 6.75. The molecule has 1 amide bonds. The highest BCUT2D eigenvalue weighted by Gasteiger charge is 2.21. The third kappa shape index (κ3) is 5.55. The number of hydrogen-bond acceptors (Lipinski definition) is 7. The zero-order valence-electron chi connectivity index (χ0n) is 16.6. The molecule has 0 spiro atoms. The smallest absolute Gasteiger partial charge is 0.311 e. The van der Waals surface area contributed by atoms with Crippen molar-refractivity contribution < 1.29 is 14.3 Å². The number of thioether (sulfide) groups is 1. The lowest BCUT2D eigenvalue weighted by Gasteiger charge is -2.14. The maximum absolute atomic E-state index is 12.7. The summed E-state index contributed by atoms with van der Waals surface area (Å²) in [6.45, 7) is 6.12. The Balaban J connectivity index is 1.67. The van der Waals surface area contributed by atoms with Gasteiger partial charge in [-0.3, -0.25) is 9.59 Å². The number of nitrogens with zero attached hydrogens (tertiary/aromatic N) is 2. The number of anilines is 1. The van der Waals surface area contributed by atoms with E-state index in [-0.39, 0.29) is 23.5 Å². The average Bonchev–Trinajstić information content (AvgIpc) is 3.12. The van der Waals surface area contributed by atoms with Crippen LogP contribution in [0.5, 0.6) is 0 Å². The van der Waals surface area contributed by atoms with Crippen molar-refractivity contribution in [2.45, 2.75) is 43.9 Å². The van der Waals surface area contributed by atoms with Gasteiger partial charge in [-0.1, -0.05) is 36.9 Å². The van der Waals surface area contributed by atoms with Gasteiger partial charge in [0, 0.05) is 10.8 Å². The molecule has 0 aliphatic carbocycles. The molecule has 2 aromatic heterocycles. The van der Waals surface area contributed by atoms with E-state index in [2.05, 4.69) is 22.2 Å². The van der Waals surface area contributed by atoms with E-state index < -0.39 is 0 Å². The van der Waals surface area contributed by atoms with E-state index in [0.29, 0.717) is 23.9 Å². The summed E-state index contributed by atoms with van der Waals surface area (Å²) in [5.41, 5.74) is 2.65. The number of carbonyl (C=O) groups excluding carboxylic acids is 2. The van der Waals surface area contributed by atoms with E-state index in [4.69, 9.17) is 4.74 Å². The SMILES string of the molecule is CCOC(=O)Cc1csc(NC(=O)C(CC)Sc2cc(C)c3ccccc3n2)n1. The van der Waals surface area contributed by atoms with Gasteiger partial charge in [-0.25, -0.2) is 9.97 Å². The first-order valence-electron chi connectivity index (χ1n) is 9.44. The fourth-order valence-electron chi connectivity index (χ4n) is 2.84. The Bertz CT molecular complexity index is 1020. The van der Waals surface area contributed by atoms with Crippen LogP contribution in [0.25, 0.3) is 10.9 Å². The maximum atomic E-state index is 12.7. The van der Waals surface area contributed by atoms with Crippen molar-refractivity contribution in [3.8, 4) is 0 Å². The molecule has 1 unspecified atom stereocenters. The molecular weight excluding hydrogens is 406 g/mol. The van der Waals surface area contributed by atoms with Crippen LogP contribution in [-0.2, 0) is 20.7 Å². The Hall–Kier alpha value is -2.45. The van der Waals surface area contributed by atoms with Gasteiger partial charge < -0.3 is 10.1 Å². The van der Waals surface area contributed by atoms with Crippen LogP contribution >= 0.6 is 23.1 Å². The molecule has 0 bridgehead atoms. The first-order valence-corrected chi connectivity index (χ1v) is 11.2. The minimum absolute atomic E-state index is 0.104. The van der Waals surface area contributed by atoms with Gasteiger partial charge in [-0.05, 0) is 38.0 Å². The molecule has 0 saturated heterocycles. The number of amides is 1. The number of rotatable bonds is 8. The van der Waals surface area contributed by atoms with Crippen LogP contribution in [0.4, 0.5) is 5.13 Å². The van der Waals surface area contributed by atoms with Crippen molar-refractivity contribution >= 4 is 51.0 Å². The van der Waals surface area contributed by atoms with Crippen LogP contribution in [0.3, 0.4) is 0 Å². The zero-order valence-corrected chi connectivity index (χ0v) is 18.2. The molecule has 152 valence electrons. The molecule has 1 aromatic carbocycles. The van der Waals surface area contributed by atoms with Crippen LogP contribution in [0.2, 0.25) is 0 Å². The Morgan fingerprint density at radius 2 is 2.03 bits per heavy atom. The third-order valence-corrected chi connectivity index (χ3v) is 6.33. The fraction of sp³-hybridized carbons (Fsp3) is 0.333. The largest absolute Gasteiger partial charge is 0.466 e. The lowest BCUT2D eigenvalue weighted by atomic mass is 10.1. The number of esters is 1. The number of carbonyl (C=O) groups is 2. The van der Waals surface area contributed by atoms with Gasteiger partial charge in [0.15, 0.2) is 5.13 Å². The highest BCUT2D eigenvalue weighted by atomic mass is 32.2. The van der Waals surface area contributed by atoms with Gasteiger partial charge in [-0.15, -0.1) is 11.3 Å². The van der Waals surface area contributed by atoms with Crippen molar-refractivity contribution in [3.05, 3.63) is 47.0 Å². The summed E-state index contributed by atoms with van der Waals surface area (Å²) in [6, 6.07) is 10.0. The quantitative estimate of drug-likeness (QED) is 0.416.